The SMILES string of the molecule is CC1CN(C(=O)c2cc(Br)ccc2F)CCC1Cl. The molecular formula is C13H14BrClFNO. The second-order valence-corrected chi connectivity index (χ2v) is 6.13. The van der Waals surface area contributed by atoms with Gasteiger partial charge in [0.05, 0.1) is 5.56 Å². The Morgan fingerprint density at radius 3 is 2.94 bits per heavy atom. The topological polar surface area (TPSA) is 20.3 Å². The first-order valence-corrected chi connectivity index (χ1v) is 7.10. The zero-order valence-corrected chi connectivity index (χ0v) is 12.3. The monoisotopic (exact) mass is 333 g/mol. The first-order chi connectivity index (χ1) is 8.49. The summed E-state index contributed by atoms with van der Waals surface area (Å²) >= 11 is 9.37. The lowest BCUT2D eigenvalue weighted by atomic mass is 9.99. The van der Waals surface area contributed by atoms with Gasteiger partial charge in [-0.05, 0) is 30.5 Å². The molecule has 1 aliphatic rings. The van der Waals surface area contributed by atoms with Crippen molar-refractivity contribution in [1.29, 1.82) is 0 Å². The molecule has 5 heteroatoms. The molecule has 0 N–H and O–H groups in total. The molecule has 98 valence electrons. The van der Waals surface area contributed by atoms with E-state index >= 15 is 0 Å². The molecule has 1 saturated heterocycles. The third-order valence-corrected chi connectivity index (χ3v) is 4.39. The Morgan fingerprint density at radius 1 is 1.56 bits per heavy atom. The van der Waals surface area contributed by atoms with Crippen molar-refractivity contribution in [3.63, 3.8) is 0 Å². The van der Waals surface area contributed by atoms with Crippen molar-refractivity contribution in [3.8, 4) is 0 Å². The number of carbonyl (C=O) groups excluding carboxylic acids is 1. The van der Waals surface area contributed by atoms with Gasteiger partial charge in [-0.2, -0.15) is 0 Å². The van der Waals surface area contributed by atoms with Gasteiger partial charge in [-0.15, -0.1) is 11.6 Å². The smallest absolute Gasteiger partial charge is 0.256 e. The average molecular weight is 335 g/mol. The number of hydrogen-bond acceptors (Lipinski definition) is 1. The second-order valence-electron chi connectivity index (χ2n) is 4.66. The molecular weight excluding hydrogens is 321 g/mol. The average Bonchev–Trinajstić information content (AvgIpc) is 2.35. The van der Waals surface area contributed by atoms with E-state index < -0.39 is 5.82 Å². The first-order valence-electron chi connectivity index (χ1n) is 5.87. The van der Waals surface area contributed by atoms with Crippen molar-refractivity contribution in [3.05, 3.63) is 34.1 Å². The second kappa shape index (κ2) is 5.57. The molecule has 0 saturated carbocycles. The molecule has 0 bridgehead atoms. The Balaban J connectivity index is 2.19. The van der Waals surface area contributed by atoms with Crippen LogP contribution in [0.2, 0.25) is 0 Å². The Kier molecular flexibility index (Phi) is 4.28. The summed E-state index contributed by atoms with van der Waals surface area (Å²) in [4.78, 5) is 13.9. The van der Waals surface area contributed by atoms with E-state index in [0.717, 1.165) is 6.42 Å². The van der Waals surface area contributed by atoms with Crippen LogP contribution in [0.5, 0.6) is 0 Å². The number of alkyl halides is 1. The van der Waals surface area contributed by atoms with Gasteiger partial charge in [-0.3, -0.25) is 4.79 Å². The predicted octanol–water partition coefficient (Wildman–Crippen LogP) is 3.68. The molecule has 1 amide bonds. The molecule has 1 aliphatic heterocycles. The molecule has 1 heterocycles. The highest BCUT2D eigenvalue weighted by Gasteiger charge is 2.28. The van der Waals surface area contributed by atoms with Crippen LogP contribution in [-0.4, -0.2) is 29.3 Å². The molecule has 1 fully saturated rings. The molecule has 1 aromatic carbocycles. The van der Waals surface area contributed by atoms with Gasteiger partial charge in [-0.25, -0.2) is 4.39 Å². The zero-order valence-electron chi connectivity index (χ0n) is 10.00. The maximum atomic E-state index is 13.7. The molecule has 1 aromatic rings. The summed E-state index contributed by atoms with van der Waals surface area (Å²) in [7, 11) is 0. The summed E-state index contributed by atoms with van der Waals surface area (Å²) in [6.07, 6.45) is 0.754. The molecule has 0 radical (unpaired) electrons. The summed E-state index contributed by atoms with van der Waals surface area (Å²) in [5.74, 6) is -0.507. The molecule has 2 atom stereocenters. The van der Waals surface area contributed by atoms with E-state index in [1.165, 1.54) is 12.1 Å². The Morgan fingerprint density at radius 2 is 2.28 bits per heavy atom. The summed E-state index contributed by atoms with van der Waals surface area (Å²) in [5.41, 5.74) is 0.115. The van der Waals surface area contributed by atoms with E-state index in [0.29, 0.717) is 17.6 Å². The minimum absolute atomic E-state index is 0.0985. The first kappa shape index (κ1) is 13.8. The van der Waals surface area contributed by atoms with Crippen molar-refractivity contribution in [2.24, 2.45) is 5.92 Å². The maximum Gasteiger partial charge on any atom is 0.256 e. The fourth-order valence-corrected chi connectivity index (χ4v) is 2.67. The molecule has 2 unspecified atom stereocenters. The lowest BCUT2D eigenvalue weighted by molar-refractivity contribution is 0.0682. The molecule has 18 heavy (non-hydrogen) atoms. The zero-order chi connectivity index (χ0) is 13.3. The summed E-state index contributed by atoms with van der Waals surface area (Å²) < 4.78 is 14.4. The van der Waals surface area contributed by atoms with Crippen LogP contribution in [0.15, 0.2) is 22.7 Å². The van der Waals surface area contributed by atoms with Crippen LogP contribution in [0.3, 0.4) is 0 Å². The third kappa shape index (κ3) is 2.86. The molecule has 2 nitrogen and oxygen atoms in total. The number of rotatable bonds is 1. The summed E-state index contributed by atoms with van der Waals surface area (Å²) in [5, 5.41) is 0.0985. The highest BCUT2D eigenvalue weighted by Crippen LogP contribution is 2.24. The highest BCUT2D eigenvalue weighted by molar-refractivity contribution is 9.10. The van der Waals surface area contributed by atoms with Crippen LogP contribution >= 0.6 is 27.5 Å². The van der Waals surface area contributed by atoms with Crippen molar-refractivity contribution in [1.82, 2.24) is 4.90 Å². The standard InChI is InChI=1S/C13H14BrClFNO/c1-8-7-17(5-4-11(8)15)13(18)10-6-9(14)2-3-12(10)16/h2-3,6,8,11H,4-5,7H2,1H3. The number of carbonyl (C=O) groups is 1. The van der Waals surface area contributed by atoms with Crippen molar-refractivity contribution < 1.29 is 9.18 Å². The Labute approximate surface area is 119 Å². The van der Waals surface area contributed by atoms with Gasteiger partial charge < -0.3 is 4.90 Å². The third-order valence-electron chi connectivity index (χ3n) is 3.25. The van der Waals surface area contributed by atoms with E-state index in [9.17, 15) is 9.18 Å². The minimum Gasteiger partial charge on any atom is -0.338 e. The largest absolute Gasteiger partial charge is 0.338 e. The van der Waals surface area contributed by atoms with Gasteiger partial charge in [0.2, 0.25) is 0 Å². The van der Waals surface area contributed by atoms with Crippen LogP contribution in [0, 0.1) is 11.7 Å². The minimum atomic E-state index is -0.483. The fraction of sp³-hybridized carbons (Fsp3) is 0.462. The molecule has 2 rings (SSSR count). The fourth-order valence-electron chi connectivity index (χ4n) is 2.13. The number of halogens is 3. The van der Waals surface area contributed by atoms with Crippen LogP contribution in [0.25, 0.3) is 0 Å². The van der Waals surface area contributed by atoms with Gasteiger partial charge in [0.25, 0.3) is 5.91 Å². The van der Waals surface area contributed by atoms with Gasteiger partial charge in [0.1, 0.15) is 5.82 Å². The van der Waals surface area contributed by atoms with Crippen molar-refractivity contribution in [2.75, 3.05) is 13.1 Å². The van der Waals surface area contributed by atoms with E-state index in [1.807, 2.05) is 6.92 Å². The number of benzene rings is 1. The van der Waals surface area contributed by atoms with Crippen molar-refractivity contribution >= 4 is 33.4 Å². The van der Waals surface area contributed by atoms with E-state index in [-0.39, 0.29) is 22.8 Å². The van der Waals surface area contributed by atoms with Gasteiger partial charge in [0, 0.05) is 22.9 Å². The van der Waals surface area contributed by atoms with Crippen LogP contribution in [0.4, 0.5) is 4.39 Å². The predicted molar refractivity (Wildman–Crippen MR) is 73.4 cm³/mol. The van der Waals surface area contributed by atoms with Crippen molar-refractivity contribution in [2.45, 2.75) is 18.7 Å². The van der Waals surface area contributed by atoms with Crippen LogP contribution < -0.4 is 0 Å². The van der Waals surface area contributed by atoms with Crippen LogP contribution in [0.1, 0.15) is 23.7 Å². The lowest BCUT2D eigenvalue weighted by Crippen LogP contribution is -2.43. The normalized spacial score (nSPS) is 24.1. The van der Waals surface area contributed by atoms with E-state index in [1.54, 1.807) is 11.0 Å². The quantitative estimate of drug-likeness (QED) is 0.718. The lowest BCUT2D eigenvalue weighted by Gasteiger charge is -2.34. The number of likely N-dealkylation sites (tertiary alicyclic amines) is 1. The molecule has 0 aromatic heterocycles. The van der Waals surface area contributed by atoms with Gasteiger partial charge in [0.15, 0.2) is 0 Å². The maximum absolute atomic E-state index is 13.7. The highest BCUT2D eigenvalue weighted by atomic mass is 79.9. The van der Waals surface area contributed by atoms with E-state index in [4.69, 9.17) is 11.6 Å². The van der Waals surface area contributed by atoms with Gasteiger partial charge >= 0.3 is 0 Å². The number of piperidine rings is 1. The van der Waals surface area contributed by atoms with E-state index in [2.05, 4.69) is 15.9 Å². The summed E-state index contributed by atoms with van der Waals surface area (Å²) in [6.45, 7) is 3.18. The number of nitrogens with zero attached hydrogens (tertiary/aromatic N) is 1. The molecule has 0 spiro atoms. The number of amides is 1. The summed E-state index contributed by atoms with van der Waals surface area (Å²) in [6, 6.07) is 4.41. The van der Waals surface area contributed by atoms with Crippen LogP contribution in [-0.2, 0) is 0 Å². The Bertz CT molecular complexity index is 468. The number of hydrogen-bond donors (Lipinski definition) is 0. The Hall–Kier alpha value is -0.610. The van der Waals surface area contributed by atoms with Gasteiger partial charge in [-0.1, -0.05) is 22.9 Å². The molecule has 0 aliphatic carbocycles.